The van der Waals surface area contributed by atoms with Gasteiger partial charge >= 0.3 is 0 Å². The zero-order chi connectivity index (χ0) is 15.8. The lowest BCUT2D eigenvalue weighted by atomic mass is 10.0. The Kier molecular flexibility index (Phi) is 16.5. The second-order valence-corrected chi connectivity index (χ2v) is 7.26. The first-order valence-electron chi connectivity index (χ1n) is 9.00. The number of unbranched alkanes of at least 4 members (excludes halogenated alkanes) is 13. The molecule has 0 rings (SSSR count). The van der Waals surface area contributed by atoms with Crippen LogP contribution in [0.5, 0.6) is 0 Å². The molecule has 0 aromatic rings. The van der Waals surface area contributed by atoms with E-state index < -0.39 is 11.3 Å². The minimum atomic E-state index is -1.79. The van der Waals surface area contributed by atoms with Crippen LogP contribution in [-0.2, 0) is 11.3 Å². The van der Waals surface area contributed by atoms with Crippen LogP contribution in [0.3, 0.4) is 0 Å². The van der Waals surface area contributed by atoms with Gasteiger partial charge in [0.1, 0.15) is 0 Å². The van der Waals surface area contributed by atoms with Crippen molar-refractivity contribution < 1.29 is 8.76 Å². The summed E-state index contributed by atoms with van der Waals surface area (Å²) in [4.78, 5) is 0. The van der Waals surface area contributed by atoms with E-state index in [-0.39, 0.29) is 0 Å². The molecule has 0 fully saturated rings. The third-order valence-electron chi connectivity index (χ3n) is 4.09. The lowest BCUT2D eigenvalue weighted by Gasteiger charge is -2.10. The summed E-state index contributed by atoms with van der Waals surface area (Å²) in [5, 5.41) is 0. The van der Waals surface area contributed by atoms with Gasteiger partial charge in [-0.05, 0) is 6.42 Å². The molecular formula is C17H37NO2S. The molecule has 1 atom stereocenters. The van der Waals surface area contributed by atoms with Gasteiger partial charge in [0.05, 0.1) is 0 Å². The van der Waals surface area contributed by atoms with E-state index in [2.05, 4.69) is 6.92 Å². The quantitative estimate of drug-likeness (QED) is 0.300. The maximum Gasteiger partial charge on any atom is 0.234 e. The summed E-state index contributed by atoms with van der Waals surface area (Å²) in [6.45, 7) is 2.99. The first-order chi connectivity index (χ1) is 10.2. The molecular weight excluding hydrogens is 282 g/mol. The summed E-state index contributed by atoms with van der Waals surface area (Å²) < 4.78 is 21.0. The molecule has 3 nitrogen and oxygen atoms in total. The third kappa shape index (κ3) is 16.3. The van der Waals surface area contributed by atoms with E-state index in [1.807, 2.05) is 0 Å². The van der Waals surface area contributed by atoms with Crippen molar-refractivity contribution in [2.45, 2.75) is 96.8 Å². The zero-order valence-electron chi connectivity index (χ0n) is 14.3. The van der Waals surface area contributed by atoms with Gasteiger partial charge in [0.2, 0.25) is 11.3 Å². The first kappa shape index (κ1) is 21.1. The molecule has 1 unspecified atom stereocenters. The summed E-state index contributed by atoms with van der Waals surface area (Å²) in [6, 6.07) is 0. The van der Waals surface area contributed by atoms with Crippen molar-refractivity contribution in [3.05, 3.63) is 0 Å². The van der Waals surface area contributed by atoms with E-state index in [0.29, 0.717) is 0 Å². The first-order valence-corrected chi connectivity index (χ1v) is 10.1. The average Bonchev–Trinajstić information content (AvgIpc) is 2.47. The fraction of sp³-hybridized carbons (Fsp3) is 1.00. The summed E-state index contributed by atoms with van der Waals surface area (Å²) in [5.74, 6) is 0. The Hall–Kier alpha value is 0.0700. The number of hydrogen-bond donors (Lipinski definition) is 1. The van der Waals surface area contributed by atoms with Crippen LogP contribution in [0.2, 0.25) is 0 Å². The summed E-state index contributed by atoms with van der Waals surface area (Å²) >= 11 is -1.79. The Morgan fingerprint density at radius 1 is 0.714 bits per heavy atom. The van der Waals surface area contributed by atoms with Crippen molar-refractivity contribution in [2.24, 2.45) is 0 Å². The van der Waals surface area contributed by atoms with Crippen LogP contribution in [0.25, 0.3) is 0 Å². The molecule has 0 spiro atoms. The molecule has 0 aliphatic carbocycles. The molecule has 0 saturated heterocycles. The minimum absolute atomic E-state index is 0.723. The Bertz CT molecular complexity index is 237. The second kappa shape index (κ2) is 16.4. The van der Waals surface area contributed by atoms with Gasteiger partial charge in [-0.25, -0.2) is 8.51 Å². The van der Waals surface area contributed by atoms with Crippen molar-refractivity contribution in [3.63, 3.8) is 0 Å². The molecule has 1 N–H and O–H groups in total. The summed E-state index contributed by atoms with van der Waals surface area (Å²) in [5.41, 5.74) is 0. The van der Waals surface area contributed by atoms with Crippen LogP contribution >= 0.6 is 0 Å². The number of hydrogen-bond acceptors (Lipinski definition) is 1. The third-order valence-corrected chi connectivity index (χ3v) is 4.81. The van der Waals surface area contributed by atoms with Crippen molar-refractivity contribution in [2.75, 3.05) is 13.6 Å². The Morgan fingerprint density at radius 2 is 1.05 bits per heavy atom. The highest BCUT2D eigenvalue weighted by Crippen LogP contribution is 2.13. The molecule has 21 heavy (non-hydrogen) atoms. The van der Waals surface area contributed by atoms with E-state index in [9.17, 15) is 4.21 Å². The smallest absolute Gasteiger partial charge is 0.234 e. The van der Waals surface area contributed by atoms with E-state index >= 15 is 0 Å². The summed E-state index contributed by atoms with van der Waals surface area (Å²) in [7, 11) is 1.69. The summed E-state index contributed by atoms with van der Waals surface area (Å²) in [6.07, 6.45) is 18.8. The van der Waals surface area contributed by atoms with E-state index in [1.54, 1.807) is 7.05 Å². The maximum atomic E-state index is 10.7. The van der Waals surface area contributed by atoms with Gasteiger partial charge in [-0.2, -0.15) is 0 Å². The van der Waals surface area contributed by atoms with E-state index in [4.69, 9.17) is 4.55 Å². The van der Waals surface area contributed by atoms with Crippen LogP contribution < -0.4 is 0 Å². The average molecular weight is 320 g/mol. The van der Waals surface area contributed by atoms with Gasteiger partial charge in [0, 0.05) is 13.6 Å². The van der Waals surface area contributed by atoms with Crippen LogP contribution in [0.1, 0.15) is 96.8 Å². The van der Waals surface area contributed by atoms with Crippen molar-refractivity contribution in [1.82, 2.24) is 4.31 Å². The molecule has 128 valence electrons. The van der Waals surface area contributed by atoms with Gasteiger partial charge in [0.25, 0.3) is 0 Å². The standard InChI is InChI=1S/C17H37NO2S/c1-3-4-5-6-7-8-9-10-11-12-13-14-15-16-17-18(2)21(19)20/h3-17H2,1-2H3,(H,19,20). The van der Waals surface area contributed by atoms with E-state index in [0.717, 1.165) is 13.0 Å². The fourth-order valence-corrected chi connectivity index (χ4v) is 2.89. The van der Waals surface area contributed by atoms with Gasteiger partial charge in [-0.15, -0.1) is 0 Å². The Balaban J connectivity index is 3.04. The molecule has 0 bridgehead atoms. The molecule has 0 aromatic heterocycles. The van der Waals surface area contributed by atoms with Crippen LogP contribution in [0.15, 0.2) is 0 Å². The van der Waals surface area contributed by atoms with Crippen molar-refractivity contribution in [1.29, 1.82) is 0 Å². The predicted octanol–water partition coefficient (Wildman–Crippen LogP) is 5.54. The van der Waals surface area contributed by atoms with Crippen LogP contribution in [0, 0.1) is 0 Å². The molecule has 0 aromatic carbocycles. The Labute approximate surface area is 135 Å². The van der Waals surface area contributed by atoms with Crippen LogP contribution in [-0.4, -0.2) is 26.7 Å². The maximum absolute atomic E-state index is 10.7. The fourth-order valence-electron chi connectivity index (χ4n) is 2.61. The highest BCUT2D eigenvalue weighted by atomic mass is 32.2. The topological polar surface area (TPSA) is 40.5 Å². The normalized spacial score (nSPS) is 13.0. The molecule has 0 heterocycles. The SMILES string of the molecule is CCCCCCCCCCCCCCCCN(C)S(=O)O. The second-order valence-electron chi connectivity index (χ2n) is 6.18. The minimum Gasteiger partial charge on any atom is -0.294 e. The van der Waals surface area contributed by atoms with Crippen molar-refractivity contribution in [3.8, 4) is 0 Å². The van der Waals surface area contributed by atoms with Gasteiger partial charge < -0.3 is 0 Å². The molecule has 0 aliphatic heterocycles. The number of rotatable bonds is 16. The van der Waals surface area contributed by atoms with Crippen LogP contribution in [0.4, 0.5) is 0 Å². The molecule has 0 saturated carbocycles. The highest BCUT2D eigenvalue weighted by Gasteiger charge is 2.02. The lowest BCUT2D eigenvalue weighted by Crippen LogP contribution is -2.21. The van der Waals surface area contributed by atoms with Gasteiger partial charge in [-0.3, -0.25) is 4.55 Å². The van der Waals surface area contributed by atoms with Gasteiger partial charge in [0.15, 0.2) is 0 Å². The molecule has 0 amide bonds. The lowest BCUT2D eigenvalue weighted by molar-refractivity contribution is 0.431. The Morgan fingerprint density at radius 3 is 1.38 bits per heavy atom. The van der Waals surface area contributed by atoms with E-state index in [1.165, 1.54) is 87.8 Å². The molecule has 0 radical (unpaired) electrons. The van der Waals surface area contributed by atoms with Crippen molar-refractivity contribution >= 4 is 11.3 Å². The largest absolute Gasteiger partial charge is 0.294 e. The highest BCUT2D eigenvalue weighted by molar-refractivity contribution is 7.76. The monoisotopic (exact) mass is 319 g/mol. The zero-order valence-corrected chi connectivity index (χ0v) is 15.1. The molecule has 0 aliphatic rings. The predicted molar refractivity (Wildman–Crippen MR) is 93.7 cm³/mol. The van der Waals surface area contributed by atoms with Gasteiger partial charge in [-0.1, -0.05) is 90.4 Å². The molecule has 4 heteroatoms. The number of nitrogens with zero attached hydrogens (tertiary/aromatic N) is 1.